The summed E-state index contributed by atoms with van der Waals surface area (Å²) in [5.74, 6) is 1.37. The van der Waals surface area contributed by atoms with Crippen LogP contribution in [-0.4, -0.2) is 58.6 Å². The summed E-state index contributed by atoms with van der Waals surface area (Å²) in [4.78, 5) is 2.26. The van der Waals surface area contributed by atoms with Crippen LogP contribution in [0.2, 0.25) is 5.02 Å². The zero-order valence-corrected chi connectivity index (χ0v) is 13.3. The third-order valence-electron chi connectivity index (χ3n) is 3.29. The Bertz CT molecular complexity index is 448. The van der Waals surface area contributed by atoms with Crippen LogP contribution >= 0.6 is 11.6 Å². The van der Waals surface area contributed by atoms with Crippen molar-refractivity contribution in [1.29, 1.82) is 0 Å². The molecule has 0 unspecified atom stereocenters. The molecule has 1 aliphatic rings. The van der Waals surface area contributed by atoms with Gasteiger partial charge in [0.25, 0.3) is 0 Å². The van der Waals surface area contributed by atoms with Gasteiger partial charge in [0, 0.05) is 33.9 Å². The minimum Gasteiger partial charge on any atom is -0.486 e. The van der Waals surface area contributed by atoms with Crippen LogP contribution in [0.1, 0.15) is 5.56 Å². The molecule has 2 rings (SSSR count). The van der Waals surface area contributed by atoms with Gasteiger partial charge >= 0.3 is 0 Å². The average molecular weight is 316 g/mol. The third kappa shape index (κ3) is 4.74. The molecular formula is C15H22ClNO4. The highest BCUT2D eigenvalue weighted by Crippen LogP contribution is 2.38. The van der Waals surface area contributed by atoms with Crippen molar-refractivity contribution in [3.8, 4) is 11.5 Å². The average Bonchev–Trinajstić information content (AvgIpc) is 2.50. The molecule has 1 heterocycles. The van der Waals surface area contributed by atoms with Gasteiger partial charge in [0.1, 0.15) is 13.2 Å². The van der Waals surface area contributed by atoms with Gasteiger partial charge in [-0.3, -0.25) is 4.90 Å². The summed E-state index contributed by atoms with van der Waals surface area (Å²) in [7, 11) is 3.41. The molecule has 0 radical (unpaired) electrons. The van der Waals surface area contributed by atoms with Crippen molar-refractivity contribution >= 4 is 11.6 Å². The molecule has 0 bridgehead atoms. The van der Waals surface area contributed by atoms with Gasteiger partial charge in [0.2, 0.25) is 0 Å². The van der Waals surface area contributed by atoms with Crippen LogP contribution in [0.5, 0.6) is 11.5 Å². The van der Waals surface area contributed by atoms with Crippen LogP contribution in [-0.2, 0) is 16.0 Å². The molecule has 118 valence electrons. The molecule has 0 amide bonds. The predicted octanol–water partition coefficient (Wildman–Crippen LogP) is 2.21. The summed E-state index contributed by atoms with van der Waals surface area (Å²) in [5, 5.41) is 0.598. The SMILES string of the molecule is COCCN(CCOC)Cc1cc(Cl)c2c(c1)OCCO2. The van der Waals surface area contributed by atoms with E-state index in [9.17, 15) is 0 Å². The van der Waals surface area contributed by atoms with E-state index in [4.69, 9.17) is 30.5 Å². The summed E-state index contributed by atoms with van der Waals surface area (Å²) in [5.41, 5.74) is 1.09. The fourth-order valence-electron chi connectivity index (χ4n) is 2.22. The van der Waals surface area contributed by atoms with E-state index in [0.29, 0.717) is 37.2 Å². The number of halogens is 1. The number of fused-ring (bicyclic) bond motifs is 1. The first-order valence-electron chi connectivity index (χ1n) is 7.03. The van der Waals surface area contributed by atoms with Crippen molar-refractivity contribution in [1.82, 2.24) is 4.90 Å². The second-order valence-electron chi connectivity index (χ2n) is 4.86. The molecule has 0 aliphatic carbocycles. The number of methoxy groups -OCH3 is 2. The largest absolute Gasteiger partial charge is 0.486 e. The molecule has 0 aromatic heterocycles. The maximum atomic E-state index is 6.27. The van der Waals surface area contributed by atoms with Crippen LogP contribution in [0.3, 0.4) is 0 Å². The molecule has 0 spiro atoms. The molecular weight excluding hydrogens is 294 g/mol. The van der Waals surface area contributed by atoms with Crippen LogP contribution in [0, 0.1) is 0 Å². The number of ether oxygens (including phenoxy) is 4. The fourth-order valence-corrected chi connectivity index (χ4v) is 2.51. The molecule has 6 heteroatoms. The lowest BCUT2D eigenvalue weighted by Gasteiger charge is -2.24. The molecule has 1 aromatic carbocycles. The van der Waals surface area contributed by atoms with Gasteiger partial charge in [-0.05, 0) is 17.7 Å². The Hall–Kier alpha value is -1.01. The molecule has 0 atom stereocenters. The molecule has 5 nitrogen and oxygen atoms in total. The quantitative estimate of drug-likeness (QED) is 0.735. The Balaban J connectivity index is 2.06. The van der Waals surface area contributed by atoms with Gasteiger partial charge in [-0.2, -0.15) is 0 Å². The highest BCUT2D eigenvalue weighted by atomic mass is 35.5. The molecule has 0 saturated heterocycles. The number of hydrogen-bond acceptors (Lipinski definition) is 5. The Labute approximate surface area is 130 Å². The first-order chi connectivity index (χ1) is 10.2. The van der Waals surface area contributed by atoms with Crippen molar-refractivity contribution in [2.75, 3.05) is 53.7 Å². The summed E-state index contributed by atoms with van der Waals surface area (Å²) in [6.45, 7) is 4.91. The van der Waals surface area contributed by atoms with Crippen molar-refractivity contribution in [3.63, 3.8) is 0 Å². The van der Waals surface area contributed by atoms with E-state index in [0.717, 1.165) is 30.9 Å². The van der Waals surface area contributed by atoms with Crippen LogP contribution < -0.4 is 9.47 Å². The Morgan fingerprint density at radius 2 is 1.76 bits per heavy atom. The molecule has 0 N–H and O–H groups in total. The number of benzene rings is 1. The number of rotatable bonds is 8. The second kappa shape index (κ2) is 8.44. The van der Waals surface area contributed by atoms with Crippen molar-refractivity contribution in [3.05, 3.63) is 22.7 Å². The van der Waals surface area contributed by atoms with E-state index >= 15 is 0 Å². The van der Waals surface area contributed by atoms with Gasteiger partial charge in [0.15, 0.2) is 11.5 Å². The normalized spacial score (nSPS) is 13.7. The Morgan fingerprint density at radius 1 is 1.10 bits per heavy atom. The standard InChI is InChI=1S/C15H22ClNO4/c1-18-5-3-17(4-6-19-2)11-12-9-13(16)15-14(10-12)20-7-8-21-15/h9-10H,3-8,11H2,1-2H3. The summed E-state index contributed by atoms with van der Waals surface area (Å²) < 4.78 is 21.4. The monoisotopic (exact) mass is 315 g/mol. The first kappa shape index (κ1) is 16.4. The van der Waals surface area contributed by atoms with E-state index in [2.05, 4.69) is 4.90 Å². The van der Waals surface area contributed by atoms with E-state index in [-0.39, 0.29) is 0 Å². The van der Waals surface area contributed by atoms with Crippen molar-refractivity contribution < 1.29 is 18.9 Å². The van der Waals surface area contributed by atoms with Gasteiger partial charge < -0.3 is 18.9 Å². The lowest BCUT2D eigenvalue weighted by molar-refractivity contribution is 0.110. The van der Waals surface area contributed by atoms with E-state index < -0.39 is 0 Å². The van der Waals surface area contributed by atoms with Crippen LogP contribution in [0.25, 0.3) is 0 Å². The van der Waals surface area contributed by atoms with Crippen LogP contribution in [0.4, 0.5) is 0 Å². The van der Waals surface area contributed by atoms with Crippen molar-refractivity contribution in [2.24, 2.45) is 0 Å². The topological polar surface area (TPSA) is 40.2 Å². The highest BCUT2D eigenvalue weighted by molar-refractivity contribution is 6.32. The van der Waals surface area contributed by atoms with E-state index in [1.807, 2.05) is 12.1 Å². The lowest BCUT2D eigenvalue weighted by atomic mass is 10.1. The number of nitrogens with zero attached hydrogens (tertiary/aromatic N) is 1. The molecule has 1 aliphatic heterocycles. The van der Waals surface area contributed by atoms with E-state index in [1.165, 1.54) is 0 Å². The highest BCUT2D eigenvalue weighted by Gasteiger charge is 2.17. The molecule has 21 heavy (non-hydrogen) atoms. The maximum absolute atomic E-state index is 6.27. The maximum Gasteiger partial charge on any atom is 0.179 e. The van der Waals surface area contributed by atoms with Gasteiger partial charge in [-0.25, -0.2) is 0 Å². The Kier molecular flexibility index (Phi) is 6.57. The van der Waals surface area contributed by atoms with Crippen LogP contribution in [0.15, 0.2) is 12.1 Å². The zero-order valence-electron chi connectivity index (χ0n) is 12.6. The fraction of sp³-hybridized carbons (Fsp3) is 0.600. The lowest BCUT2D eigenvalue weighted by Crippen LogP contribution is -2.30. The van der Waals surface area contributed by atoms with Gasteiger partial charge in [0.05, 0.1) is 18.2 Å². The molecule has 0 fully saturated rings. The minimum atomic E-state index is 0.542. The van der Waals surface area contributed by atoms with Gasteiger partial charge in [-0.15, -0.1) is 0 Å². The minimum absolute atomic E-state index is 0.542. The molecule has 0 saturated carbocycles. The van der Waals surface area contributed by atoms with E-state index in [1.54, 1.807) is 14.2 Å². The Morgan fingerprint density at radius 3 is 2.43 bits per heavy atom. The smallest absolute Gasteiger partial charge is 0.179 e. The summed E-state index contributed by atoms with van der Waals surface area (Å²) >= 11 is 6.27. The summed E-state index contributed by atoms with van der Waals surface area (Å²) in [6.07, 6.45) is 0. The first-order valence-corrected chi connectivity index (χ1v) is 7.40. The summed E-state index contributed by atoms with van der Waals surface area (Å²) in [6, 6.07) is 3.93. The van der Waals surface area contributed by atoms with Crippen molar-refractivity contribution in [2.45, 2.75) is 6.54 Å². The molecule has 1 aromatic rings. The number of hydrogen-bond donors (Lipinski definition) is 0. The van der Waals surface area contributed by atoms with Gasteiger partial charge in [-0.1, -0.05) is 11.6 Å². The second-order valence-corrected chi connectivity index (χ2v) is 5.27. The zero-order chi connectivity index (χ0) is 15.1. The predicted molar refractivity (Wildman–Crippen MR) is 81.5 cm³/mol. The third-order valence-corrected chi connectivity index (χ3v) is 3.57.